The summed E-state index contributed by atoms with van der Waals surface area (Å²) in [5.74, 6) is 0.586. The SMILES string of the molecule is COc1ccccc1P(c1ccccc1CO)c1c(Cl)sc(Cl)c1S(=O)(=O)OCC(C)C. The van der Waals surface area contributed by atoms with Crippen molar-refractivity contribution in [1.29, 1.82) is 0 Å². The van der Waals surface area contributed by atoms with Crippen LogP contribution in [0.3, 0.4) is 0 Å². The molecule has 0 fully saturated rings. The predicted molar refractivity (Wildman–Crippen MR) is 133 cm³/mol. The lowest BCUT2D eigenvalue weighted by molar-refractivity contribution is 0.275. The molecule has 1 N–H and O–H groups in total. The smallest absolute Gasteiger partial charge is 0.300 e. The van der Waals surface area contributed by atoms with Crippen molar-refractivity contribution in [2.75, 3.05) is 13.7 Å². The topological polar surface area (TPSA) is 72.8 Å². The molecule has 32 heavy (non-hydrogen) atoms. The molecule has 1 atom stereocenters. The Bertz CT molecular complexity index is 1150. The summed E-state index contributed by atoms with van der Waals surface area (Å²) in [5, 5.41) is 11.9. The maximum absolute atomic E-state index is 13.2. The molecule has 0 aliphatic heterocycles. The van der Waals surface area contributed by atoms with Crippen molar-refractivity contribution in [3.8, 4) is 5.75 Å². The Morgan fingerprint density at radius 2 is 1.66 bits per heavy atom. The lowest BCUT2D eigenvalue weighted by Crippen LogP contribution is -2.28. The molecule has 3 aromatic rings. The monoisotopic (exact) mass is 532 g/mol. The van der Waals surface area contributed by atoms with Gasteiger partial charge < -0.3 is 9.84 Å². The van der Waals surface area contributed by atoms with Crippen LogP contribution in [0.15, 0.2) is 53.4 Å². The van der Waals surface area contributed by atoms with Crippen molar-refractivity contribution in [3.63, 3.8) is 0 Å². The van der Waals surface area contributed by atoms with Gasteiger partial charge in [-0.1, -0.05) is 79.5 Å². The van der Waals surface area contributed by atoms with E-state index < -0.39 is 18.0 Å². The normalized spacial score (nSPS) is 12.8. The van der Waals surface area contributed by atoms with E-state index in [1.807, 2.05) is 50.2 Å². The van der Waals surface area contributed by atoms with Crippen LogP contribution in [0.2, 0.25) is 8.67 Å². The number of rotatable bonds is 9. The van der Waals surface area contributed by atoms with Crippen LogP contribution in [0.5, 0.6) is 5.75 Å². The van der Waals surface area contributed by atoms with Gasteiger partial charge in [0.05, 0.1) is 20.3 Å². The van der Waals surface area contributed by atoms with E-state index in [1.54, 1.807) is 19.2 Å². The van der Waals surface area contributed by atoms with E-state index >= 15 is 0 Å². The number of thiophene rings is 1. The molecule has 0 bridgehead atoms. The molecular weight excluding hydrogens is 510 g/mol. The molecule has 1 unspecified atom stereocenters. The zero-order valence-corrected chi connectivity index (χ0v) is 21.7. The lowest BCUT2D eigenvalue weighted by atomic mass is 10.2. The van der Waals surface area contributed by atoms with Crippen molar-refractivity contribution < 1.29 is 22.4 Å². The first-order valence-electron chi connectivity index (χ1n) is 9.70. The summed E-state index contributed by atoms with van der Waals surface area (Å²) < 4.78 is 37.7. The molecule has 1 heterocycles. The number of aliphatic hydroxyl groups excluding tert-OH is 1. The molecular formula is C22H23Cl2O5PS2. The molecule has 10 heteroatoms. The second-order valence-corrected chi connectivity index (χ2v) is 13.1. The summed E-state index contributed by atoms with van der Waals surface area (Å²) in [4.78, 5) is -0.125. The number of aliphatic hydroxyl groups is 1. The zero-order chi connectivity index (χ0) is 23.5. The fourth-order valence-corrected chi connectivity index (χ4v) is 10.3. The van der Waals surface area contributed by atoms with Gasteiger partial charge in [0, 0.05) is 10.6 Å². The number of methoxy groups -OCH3 is 1. The average molecular weight is 533 g/mol. The van der Waals surface area contributed by atoms with Crippen molar-refractivity contribution in [2.45, 2.75) is 25.3 Å². The van der Waals surface area contributed by atoms with Crippen LogP contribution in [-0.4, -0.2) is 27.2 Å². The molecule has 5 nitrogen and oxygen atoms in total. The number of benzene rings is 2. The summed E-state index contributed by atoms with van der Waals surface area (Å²) in [6.07, 6.45) is 0. The highest BCUT2D eigenvalue weighted by Crippen LogP contribution is 2.47. The first-order chi connectivity index (χ1) is 15.2. The minimum Gasteiger partial charge on any atom is -0.496 e. The third-order valence-corrected chi connectivity index (χ3v) is 10.8. The quantitative estimate of drug-likeness (QED) is 0.320. The number of ether oxygens (including phenoxy) is 1. The minimum absolute atomic E-state index is 0.00644. The Morgan fingerprint density at radius 1 is 1.03 bits per heavy atom. The molecule has 0 saturated heterocycles. The van der Waals surface area contributed by atoms with Gasteiger partial charge >= 0.3 is 0 Å². The van der Waals surface area contributed by atoms with E-state index in [-0.39, 0.29) is 32.7 Å². The van der Waals surface area contributed by atoms with Crippen LogP contribution in [0.4, 0.5) is 0 Å². The van der Waals surface area contributed by atoms with Gasteiger partial charge in [-0.3, -0.25) is 4.18 Å². The van der Waals surface area contributed by atoms with E-state index in [0.717, 1.165) is 21.9 Å². The van der Waals surface area contributed by atoms with Gasteiger partial charge in [-0.25, -0.2) is 0 Å². The number of para-hydroxylation sites is 1. The summed E-state index contributed by atoms with van der Waals surface area (Å²) in [6, 6.07) is 14.7. The third-order valence-electron chi connectivity index (χ3n) is 4.52. The second-order valence-electron chi connectivity index (χ2n) is 7.25. The van der Waals surface area contributed by atoms with E-state index in [9.17, 15) is 13.5 Å². The first kappa shape index (κ1) is 25.4. The molecule has 1 aromatic heterocycles. The van der Waals surface area contributed by atoms with Crippen LogP contribution in [-0.2, 0) is 20.9 Å². The van der Waals surface area contributed by atoms with Gasteiger partial charge in [-0.2, -0.15) is 8.42 Å². The molecule has 0 radical (unpaired) electrons. The predicted octanol–water partition coefficient (Wildman–Crippen LogP) is 4.68. The minimum atomic E-state index is -4.19. The Kier molecular flexibility index (Phi) is 8.61. The van der Waals surface area contributed by atoms with E-state index in [2.05, 4.69) is 0 Å². The highest BCUT2D eigenvalue weighted by molar-refractivity contribution is 7.89. The fourth-order valence-electron chi connectivity index (χ4n) is 3.09. The molecule has 2 aromatic carbocycles. The summed E-state index contributed by atoms with van der Waals surface area (Å²) >= 11 is 14.0. The van der Waals surface area contributed by atoms with Gasteiger partial charge in [-0.05, 0) is 30.8 Å². The highest BCUT2D eigenvalue weighted by atomic mass is 35.5. The van der Waals surface area contributed by atoms with Crippen LogP contribution >= 0.6 is 42.5 Å². The maximum Gasteiger partial charge on any atom is 0.300 e. The number of hydrogen-bond donors (Lipinski definition) is 1. The van der Waals surface area contributed by atoms with Crippen LogP contribution < -0.4 is 20.7 Å². The highest BCUT2D eigenvalue weighted by Gasteiger charge is 2.36. The standard InChI is InChI=1S/C22H23Cl2O5PS2/c1-14(2)13-29-32(26,27)20-19(21(23)31-22(20)24)30(17-10-6-4-8-15(17)12-25)18-11-7-5-9-16(18)28-3/h4-11,14,25H,12-13H2,1-3H3. The summed E-state index contributed by atoms with van der Waals surface area (Å²) in [7, 11) is -4.20. The van der Waals surface area contributed by atoms with Crippen molar-refractivity contribution >= 4 is 68.5 Å². The molecule has 0 spiro atoms. The van der Waals surface area contributed by atoms with E-state index in [0.29, 0.717) is 16.6 Å². The zero-order valence-electron chi connectivity index (χ0n) is 17.7. The van der Waals surface area contributed by atoms with Gasteiger partial charge in [0.25, 0.3) is 10.1 Å². The molecule has 0 aliphatic rings. The van der Waals surface area contributed by atoms with Crippen LogP contribution in [0, 0.1) is 5.92 Å². The molecule has 0 amide bonds. The van der Waals surface area contributed by atoms with Gasteiger partial charge in [0.2, 0.25) is 0 Å². The number of halogens is 2. The van der Waals surface area contributed by atoms with Crippen molar-refractivity contribution in [3.05, 3.63) is 62.8 Å². The Balaban J connectivity index is 2.35. The van der Waals surface area contributed by atoms with Crippen LogP contribution in [0.1, 0.15) is 19.4 Å². The molecule has 0 aliphatic carbocycles. The Hall–Kier alpha value is -1.18. The second kappa shape index (κ2) is 10.8. The van der Waals surface area contributed by atoms with E-state index in [4.69, 9.17) is 32.1 Å². The fraction of sp³-hybridized carbons (Fsp3) is 0.273. The van der Waals surface area contributed by atoms with Gasteiger partial charge in [0.15, 0.2) is 0 Å². The first-order valence-corrected chi connectivity index (χ1v) is 14.0. The average Bonchev–Trinajstić information content (AvgIpc) is 3.07. The molecule has 0 saturated carbocycles. The lowest BCUT2D eigenvalue weighted by Gasteiger charge is -2.24. The van der Waals surface area contributed by atoms with Crippen molar-refractivity contribution in [2.24, 2.45) is 5.92 Å². The Labute approximate surface area is 203 Å². The summed E-state index contributed by atoms with van der Waals surface area (Å²) in [6.45, 7) is 3.52. The largest absolute Gasteiger partial charge is 0.496 e. The Morgan fingerprint density at radius 3 is 2.28 bits per heavy atom. The number of hydrogen-bond acceptors (Lipinski definition) is 6. The third kappa shape index (κ3) is 5.31. The molecule has 172 valence electrons. The van der Waals surface area contributed by atoms with Crippen molar-refractivity contribution in [1.82, 2.24) is 0 Å². The maximum atomic E-state index is 13.2. The van der Waals surface area contributed by atoms with Crippen LogP contribution in [0.25, 0.3) is 0 Å². The van der Waals surface area contributed by atoms with Gasteiger partial charge in [-0.15, -0.1) is 11.3 Å². The summed E-state index contributed by atoms with van der Waals surface area (Å²) in [5.41, 5.74) is 0.661. The van der Waals surface area contributed by atoms with Gasteiger partial charge in [0.1, 0.15) is 19.3 Å². The van der Waals surface area contributed by atoms with E-state index in [1.165, 1.54) is 0 Å². The molecule has 3 rings (SSSR count).